The van der Waals surface area contributed by atoms with Crippen molar-refractivity contribution in [3.05, 3.63) is 28.9 Å². The van der Waals surface area contributed by atoms with Crippen molar-refractivity contribution in [1.82, 2.24) is 19.5 Å². The Morgan fingerprint density at radius 1 is 1.35 bits per heavy atom. The Bertz CT molecular complexity index is 1030. The van der Waals surface area contributed by atoms with Crippen molar-refractivity contribution >= 4 is 22.1 Å². The second kappa shape index (κ2) is 3.53. The Balaban J connectivity index is 1.73. The molecule has 0 saturated heterocycles. The van der Waals surface area contributed by atoms with Crippen molar-refractivity contribution in [3.8, 4) is 0 Å². The molecule has 0 aliphatic heterocycles. The SMILES string of the molecule is O=c1[nH]c2cnc3[nH]ccc3c2n1C12CC3CC1CC(O)(C3)C2. The molecule has 6 heteroatoms. The van der Waals surface area contributed by atoms with Crippen LogP contribution in [0.2, 0.25) is 0 Å². The molecule has 23 heavy (non-hydrogen) atoms. The van der Waals surface area contributed by atoms with E-state index in [1.807, 2.05) is 16.8 Å². The Morgan fingerprint density at radius 2 is 2.26 bits per heavy atom. The molecule has 7 rings (SSSR count). The fourth-order valence-electron chi connectivity index (χ4n) is 6.19. The number of imidazole rings is 1. The Labute approximate surface area is 131 Å². The lowest BCUT2D eigenvalue weighted by Crippen LogP contribution is -2.44. The molecule has 4 aliphatic rings. The van der Waals surface area contributed by atoms with Crippen LogP contribution in [-0.4, -0.2) is 30.2 Å². The molecule has 3 aromatic rings. The third-order valence-electron chi connectivity index (χ3n) is 6.62. The maximum atomic E-state index is 12.8. The molecule has 4 saturated carbocycles. The maximum absolute atomic E-state index is 12.8. The van der Waals surface area contributed by atoms with E-state index >= 15 is 0 Å². The zero-order valence-electron chi connectivity index (χ0n) is 12.7. The third kappa shape index (κ3) is 1.31. The molecule has 0 spiro atoms. The van der Waals surface area contributed by atoms with E-state index in [0.717, 1.165) is 47.8 Å². The molecule has 4 aliphatic carbocycles. The number of aliphatic hydroxyl groups is 1. The lowest BCUT2D eigenvalue weighted by molar-refractivity contribution is -0.0194. The van der Waals surface area contributed by atoms with E-state index in [-0.39, 0.29) is 11.2 Å². The fourth-order valence-corrected chi connectivity index (χ4v) is 6.19. The van der Waals surface area contributed by atoms with Crippen molar-refractivity contribution in [2.24, 2.45) is 11.8 Å². The van der Waals surface area contributed by atoms with Crippen LogP contribution >= 0.6 is 0 Å². The summed E-state index contributed by atoms with van der Waals surface area (Å²) in [6.45, 7) is 0. The van der Waals surface area contributed by atoms with E-state index < -0.39 is 5.60 Å². The zero-order valence-corrected chi connectivity index (χ0v) is 12.7. The summed E-state index contributed by atoms with van der Waals surface area (Å²) in [6.07, 6.45) is 8.21. The van der Waals surface area contributed by atoms with Crippen molar-refractivity contribution in [2.45, 2.75) is 43.2 Å². The molecule has 4 fully saturated rings. The highest BCUT2D eigenvalue weighted by Crippen LogP contribution is 2.65. The van der Waals surface area contributed by atoms with Gasteiger partial charge in [0.1, 0.15) is 5.65 Å². The topological polar surface area (TPSA) is 86.7 Å². The molecule has 0 amide bonds. The van der Waals surface area contributed by atoms with Crippen molar-refractivity contribution in [1.29, 1.82) is 0 Å². The first kappa shape index (κ1) is 12.4. The Morgan fingerprint density at radius 3 is 3.13 bits per heavy atom. The second-order valence-corrected chi connectivity index (χ2v) is 7.94. The van der Waals surface area contributed by atoms with Gasteiger partial charge in [0.2, 0.25) is 0 Å². The van der Waals surface area contributed by atoms with Crippen LogP contribution in [0.25, 0.3) is 22.1 Å². The largest absolute Gasteiger partial charge is 0.390 e. The van der Waals surface area contributed by atoms with Crippen molar-refractivity contribution < 1.29 is 5.11 Å². The molecule has 0 radical (unpaired) electrons. The minimum Gasteiger partial charge on any atom is -0.390 e. The first-order valence-electron chi connectivity index (χ1n) is 8.38. The molecule has 4 unspecified atom stereocenters. The summed E-state index contributed by atoms with van der Waals surface area (Å²) in [5.74, 6) is 0.956. The monoisotopic (exact) mass is 310 g/mol. The molecule has 0 aromatic carbocycles. The number of nitrogens with zero attached hydrogens (tertiary/aromatic N) is 2. The quantitative estimate of drug-likeness (QED) is 0.641. The van der Waals surface area contributed by atoms with Gasteiger partial charge in [-0.2, -0.15) is 0 Å². The number of H-pyrrole nitrogens is 2. The summed E-state index contributed by atoms with van der Waals surface area (Å²) in [5.41, 5.74) is 1.68. The standard InChI is InChI=1S/C17H18N4O2/c22-15-20-12-7-19-14-11(1-2-18-14)13(12)21(15)17-5-9-3-10(17)6-16(23,4-9)8-17/h1-2,7,9-10,23H,3-6,8H2,(H,18,19)(H,20,22). The number of pyridine rings is 1. The molecule has 118 valence electrons. The summed E-state index contributed by atoms with van der Waals surface area (Å²) in [5, 5.41) is 11.9. The Kier molecular flexibility index (Phi) is 1.90. The number of hydrogen-bond acceptors (Lipinski definition) is 3. The lowest BCUT2D eigenvalue weighted by atomic mass is 9.77. The van der Waals surface area contributed by atoms with E-state index in [9.17, 15) is 9.90 Å². The van der Waals surface area contributed by atoms with E-state index in [1.165, 1.54) is 0 Å². The third-order valence-corrected chi connectivity index (χ3v) is 6.62. The van der Waals surface area contributed by atoms with Crippen molar-refractivity contribution in [3.63, 3.8) is 0 Å². The molecular formula is C17H18N4O2. The van der Waals surface area contributed by atoms with Gasteiger partial charge in [0.05, 0.1) is 28.4 Å². The second-order valence-electron chi connectivity index (χ2n) is 7.94. The van der Waals surface area contributed by atoms with Crippen LogP contribution in [0.15, 0.2) is 23.3 Å². The summed E-state index contributed by atoms with van der Waals surface area (Å²) in [7, 11) is 0. The van der Waals surface area contributed by atoms with Gasteiger partial charge in [0.25, 0.3) is 0 Å². The number of aromatic nitrogens is 4. The summed E-state index contributed by atoms with van der Waals surface area (Å²) < 4.78 is 1.97. The molecular weight excluding hydrogens is 292 g/mol. The van der Waals surface area contributed by atoms with Crippen LogP contribution in [0.5, 0.6) is 0 Å². The van der Waals surface area contributed by atoms with Crippen LogP contribution in [0.4, 0.5) is 0 Å². The van der Waals surface area contributed by atoms with Gasteiger partial charge in [0.15, 0.2) is 0 Å². The molecule has 3 N–H and O–H groups in total. The number of hydrogen-bond donors (Lipinski definition) is 3. The summed E-state index contributed by atoms with van der Waals surface area (Å²) >= 11 is 0. The van der Waals surface area contributed by atoms with Gasteiger partial charge in [-0.3, -0.25) is 4.57 Å². The average molecular weight is 310 g/mol. The minimum absolute atomic E-state index is 0.0627. The van der Waals surface area contributed by atoms with Crippen LogP contribution in [0.1, 0.15) is 32.1 Å². The predicted molar refractivity (Wildman–Crippen MR) is 85.2 cm³/mol. The molecule has 6 nitrogen and oxygen atoms in total. The van der Waals surface area contributed by atoms with Gasteiger partial charge in [-0.15, -0.1) is 0 Å². The lowest BCUT2D eigenvalue weighted by Gasteiger charge is -2.38. The highest BCUT2D eigenvalue weighted by Gasteiger charge is 2.65. The first-order valence-corrected chi connectivity index (χ1v) is 8.38. The van der Waals surface area contributed by atoms with Gasteiger partial charge in [-0.25, -0.2) is 9.78 Å². The number of fused-ring (bicyclic) bond motifs is 3. The van der Waals surface area contributed by atoms with E-state index in [4.69, 9.17) is 0 Å². The first-order chi connectivity index (χ1) is 11.1. The summed E-state index contributed by atoms with van der Waals surface area (Å²) in [4.78, 5) is 23.3. The van der Waals surface area contributed by atoms with Crippen LogP contribution in [0.3, 0.4) is 0 Å². The molecule has 3 aromatic heterocycles. The highest BCUT2D eigenvalue weighted by atomic mass is 16.3. The van der Waals surface area contributed by atoms with Crippen molar-refractivity contribution in [2.75, 3.05) is 0 Å². The number of rotatable bonds is 1. The number of aromatic amines is 2. The minimum atomic E-state index is -0.570. The smallest absolute Gasteiger partial charge is 0.327 e. The molecule has 4 atom stereocenters. The van der Waals surface area contributed by atoms with E-state index in [2.05, 4.69) is 15.0 Å². The fraction of sp³-hybridized carbons (Fsp3) is 0.529. The van der Waals surface area contributed by atoms with Gasteiger partial charge >= 0.3 is 5.69 Å². The zero-order chi connectivity index (χ0) is 15.4. The predicted octanol–water partition coefficient (Wildman–Crippen LogP) is 1.86. The van der Waals surface area contributed by atoms with Crippen LogP contribution in [-0.2, 0) is 5.54 Å². The van der Waals surface area contributed by atoms with Crippen LogP contribution in [0, 0.1) is 11.8 Å². The van der Waals surface area contributed by atoms with Gasteiger partial charge in [-0.05, 0) is 43.6 Å². The Hall–Kier alpha value is -2.08. The summed E-state index contributed by atoms with van der Waals surface area (Å²) in [6, 6.07) is 1.99. The van der Waals surface area contributed by atoms with Gasteiger partial charge in [0, 0.05) is 18.0 Å². The van der Waals surface area contributed by atoms with E-state index in [1.54, 1.807) is 6.20 Å². The normalized spacial score (nSPS) is 38.3. The molecule has 3 heterocycles. The van der Waals surface area contributed by atoms with Gasteiger partial charge in [-0.1, -0.05) is 0 Å². The van der Waals surface area contributed by atoms with Gasteiger partial charge < -0.3 is 15.1 Å². The maximum Gasteiger partial charge on any atom is 0.327 e. The number of nitrogens with one attached hydrogen (secondary N) is 2. The molecule has 4 bridgehead atoms. The highest BCUT2D eigenvalue weighted by molar-refractivity contribution is 6.01. The average Bonchev–Trinajstić information content (AvgIpc) is 3.16. The van der Waals surface area contributed by atoms with E-state index in [0.29, 0.717) is 18.3 Å². The van der Waals surface area contributed by atoms with Crippen LogP contribution < -0.4 is 5.69 Å².